The SMILES string of the molecule is COc1cc(NC(=O)c2cncc(NC3CCCCCC3)c2)cc(OC)c1OC. The van der Waals surface area contributed by atoms with Gasteiger partial charge in [-0.05, 0) is 18.9 Å². The van der Waals surface area contributed by atoms with Gasteiger partial charge in [-0.25, -0.2) is 0 Å². The molecule has 2 N–H and O–H groups in total. The maximum Gasteiger partial charge on any atom is 0.257 e. The molecule has 1 aliphatic carbocycles. The van der Waals surface area contributed by atoms with Crippen LogP contribution in [0.25, 0.3) is 0 Å². The number of pyridine rings is 1. The van der Waals surface area contributed by atoms with E-state index in [1.165, 1.54) is 47.0 Å². The van der Waals surface area contributed by atoms with E-state index in [2.05, 4.69) is 15.6 Å². The van der Waals surface area contributed by atoms with Gasteiger partial charge in [0.05, 0.1) is 32.6 Å². The fraction of sp³-hybridized carbons (Fsp3) is 0.455. The lowest BCUT2D eigenvalue weighted by atomic mass is 10.1. The van der Waals surface area contributed by atoms with Crippen molar-refractivity contribution >= 4 is 17.3 Å². The van der Waals surface area contributed by atoms with Crippen LogP contribution < -0.4 is 24.8 Å². The molecule has 156 valence electrons. The number of rotatable bonds is 7. The Morgan fingerprint density at radius 2 is 1.55 bits per heavy atom. The first kappa shape index (κ1) is 20.8. The van der Waals surface area contributed by atoms with Gasteiger partial charge in [-0.2, -0.15) is 0 Å². The fourth-order valence-electron chi connectivity index (χ4n) is 3.66. The normalized spacial score (nSPS) is 14.6. The van der Waals surface area contributed by atoms with Crippen molar-refractivity contribution in [2.75, 3.05) is 32.0 Å². The van der Waals surface area contributed by atoms with Gasteiger partial charge in [-0.1, -0.05) is 25.7 Å². The summed E-state index contributed by atoms with van der Waals surface area (Å²) in [5.41, 5.74) is 1.90. The first-order valence-corrected chi connectivity index (χ1v) is 9.97. The maximum absolute atomic E-state index is 12.8. The Morgan fingerprint density at radius 1 is 0.897 bits per heavy atom. The highest BCUT2D eigenvalue weighted by molar-refractivity contribution is 6.04. The number of methoxy groups -OCH3 is 3. The molecule has 0 bridgehead atoms. The average Bonchev–Trinajstić information content (AvgIpc) is 3.01. The first-order valence-electron chi connectivity index (χ1n) is 9.97. The van der Waals surface area contributed by atoms with Crippen molar-refractivity contribution < 1.29 is 19.0 Å². The van der Waals surface area contributed by atoms with Gasteiger partial charge in [0, 0.05) is 36.3 Å². The van der Waals surface area contributed by atoms with Gasteiger partial charge in [0.25, 0.3) is 5.91 Å². The second-order valence-electron chi connectivity index (χ2n) is 7.16. The summed E-state index contributed by atoms with van der Waals surface area (Å²) < 4.78 is 16.0. The topological polar surface area (TPSA) is 81.7 Å². The molecule has 7 nitrogen and oxygen atoms in total. The summed E-state index contributed by atoms with van der Waals surface area (Å²) in [6.07, 6.45) is 10.7. The third kappa shape index (κ3) is 5.31. The largest absolute Gasteiger partial charge is 0.493 e. The van der Waals surface area contributed by atoms with E-state index in [0.29, 0.717) is 34.5 Å². The van der Waals surface area contributed by atoms with E-state index in [-0.39, 0.29) is 5.91 Å². The molecule has 1 aliphatic rings. The number of nitrogens with one attached hydrogen (secondary N) is 2. The lowest BCUT2D eigenvalue weighted by molar-refractivity contribution is 0.102. The van der Waals surface area contributed by atoms with Gasteiger partial charge in [0.15, 0.2) is 11.5 Å². The van der Waals surface area contributed by atoms with Crippen LogP contribution in [0.1, 0.15) is 48.9 Å². The molecule has 0 unspecified atom stereocenters. The van der Waals surface area contributed by atoms with Crippen LogP contribution in [0.3, 0.4) is 0 Å². The van der Waals surface area contributed by atoms with Crippen molar-refractivity contribution in [2.45, 2.75) is 44.6 Å². The number of carbonyl (C=O) groups is 1. The van der Waals surface area contributed by atoms with Crippen molar-refractivity contribution in [3.8, 4) is 17.2 Å². The molecule has 1 amide bonds. The highest BCUT2D eigenvalue weighted by Gasteiger charge is 2.16. The first-order chi connectivity index (χ1) is 14.1. The Labute approximate surface area is 171 Å². The third-order valence-electron chi connectivity index (χ3n) is 5.15. The molecule has 7 heteroatoms. The fourth-order valence-corrected chi connectivity index (χ4v) is 3.66. The minimum absolute atomic E-state index is 0.253. The molecule has 1 saturated carbocycles. The predicted octanol–water partition coefficient (Wildman–Crippen LogP) is 4.49. The molecule has 0 spiro atoms. The molecule has 1 aromatic heterocycles. The zero-order valence-corrected chi connectivity index (χ0v) is 17.3. The molecule has 1 aromatic carbocycles. The zero-order chi connectivity index (χ0) is 20.6. The van der Waals surface area contributed by atoms with Crippen molar-refractivity contribution in [3.63, 3.8) is 0 Å². The van der Waals surface area contributed by atoms with E-state index in [4.69, 9.17) is 14.2 Å². The van der Waals surface area contributed by atoms with E-state index < -0.39 is 0 Å². The number of ether oxygens (including phenoxy) is 3. The van der Waals surface area contributed by atoms with Crippen LogP contribution in [-0.4, -0.2) is 38.3 Å². The number of amides is 1. The summed E-state index contributed by atoms with van der Waals surface area (Å²) in [5, 5.41) is 6.41. The highest BCUT2D eigenvalue weighted by atomic mass is 16.5. The number of carbonyl (C=O) groups excluding carboxylic acids is 1. The zero-order valence-electron chi connectivity index (χ0n) is 17.3. The predicted molar refractivity (Wildman–Crippen MR) is 113 cm³/mol. The molecule has 0 saturated heterocycles. The van der Waals surface area contributed by atoms with Crippen LogP contribution >= 0.6 is 0 Å². The Kier molecular flexibility index (Phi) is 7.16. The van der Waals surface area contributed by atoms with Crippen LogP contribution in [0, 0.1) is 0 Å². The standard InChI is InChI=1S/C22H29N3O4/c1-27-19-11-17(12-20(28-2)21(19)29-3)25-22(26)15-10-18(14-23-13-15)24-16-8-6-4-5-7-9-16/h10-14,16,24H,4-9H2,1-3H3,(H,25,26). The number of nitrogens with zero attached hydrogens (tertiary/aromatic N) is 1. The number of benzene rings is 1. The summed E-state index contributed by atoms with van der Waals surface area (Å²) in [6, 6.07) is 5.67. The Bertz CT molecular complexity index is 808. The molecule has 0 radical (unpaired) electrons. The van der Waals surface area contributed by atoms with Crippen LogP contribution in [0.5, 0.6) is 17.2 Å². The van der Waals surface area contributed by atoms with Gasteiger partial charge in [0.1, 0.15) is 0 Å². The quantitative estimate of drug-likeness (QED) is 0.668. The van der Waals surface area contributed by atoms with E-state index in [9.17, 15) is 4.79 Å². The monoisotopic (exact) mass is 399 g/mol. The van der Waals surface area contributed by atoms with E-state index in [1.807, 2.05) is 6.07 Å². The van der Waals surface area contributed by atoms with Gasteiger partial charge in [-0.3, -0.25) is 9.78 Å². The number of anilines is 2. The summed E-state index contributed by atoms with van der Waals surface area (Å²) in [5.74, 6) is 1.17. The highest BCUT2D eigenvalue weighted by Crippen LogP contribution is 2.40. The molecule has 0 atom stereocenters. The van der Waals surface area contributed by atoms with Crippen LogP contribution in [-0.2, 0) is 0 Å². The molecule has 1 fully saturated rings. The molecule has 0 aliphatic heterocycles. The molecule has 3 rings (SSSR count). The summed E-state index contributed by atoms with van der Waals surface area (Å²) >= 11 is 0. The van der Waals surface area contributed by atoms with E-state index in [0.717, 1.165) is 18.5 Å². The third-order valence-corrected chi connectivity index (χ3v) is 5.15. The second-order valence-corrected chi connectivity index (χ2v) is 7.16. The average molecular weight is 399 g/mol. The van der Waals surface area contributed by atoms with Crippen molar-refractivity contribution in [1.29, 1.82) is 0 Å². The van der Waals surface area contributed by atoms with Crippen molar-refractivity contribution in [1.82, 2.24) is 4.98 Å². The van der Waals surface area contributed by atoms with Gasteiger partial charge < -0.3 is 24.8 Å². The van der Waals surface area contributed by atoms with Gasteiger partial charge in [0.2, 0.25) is 5.75 Å². The molecule has 1 heterocycles. The van der Waals surface area contributed by atoms with Gasteiger partial charge >= 0.3 is 0 Å². The van der Waals surface area contributed by atoms with Crippen molar-refractivity contribution in [3.05, 3.63) is 36.2 Å². The minimum Gasteiger partial charge on any atom is -0.493 e. The van der Waals surface area contributed by atoms with E-state index >= 15 is 0 Å². The molecular formula is C22H29N3O4. The number of aromatic nitrogens is 1. The Balaban J connectivity index is 1.74. The lowest BCUT2D eigenvalue weighted by Gasteiger charge is -2.18. The Morgan fingerprint density at radius 3 is 2.14 bits per heavy atom. The van der Waals surface area contributed by atoms with Crippen LogP contribution in [0.15, 0.2) is 30.6 Å². The minimum atomic E-state index is -0.253. The number of hydrogen-bond acceptors (Lipinski definition) is 6. The Hall–Kier alpha value is -2.96. The summed E-state index contributed by atoms with van der Waals surface area (Å²) in [4.78, 5) is 17.0. The summed E-state index contributed by atoms with van der Waals surface area (Å²) in [6.45, 7) is 0. The molecule has 2 aromatic rings. The summed E-state index contributed by atoms with van der Waals surface area (Å²) in [7, 11) is 4.61. The van der Waals surface area contributed by atoms with Crippen LogP contribution in [0.2, 0.25) is 0 Å². The second kappa shape index (κ2) is 10.0. The van der Waals surface area contributed by atoms with Crippen molar-refractivity contribution in [2.24, 2.45) is 0 Å². The smallest absolute Gasteiger partial charge is 0.257 e. The van der Waals surface area contributed by atoms with Crippen LogP contribution in [0.4, 0.5) is 11.4 Å². The van der Waals surface area contributed by atoms with E-state index in [1.54, 1.807) is 24.5 Å². The maximum atomic E-state index is 12.8. The van der Waals surface area contributed by atoms with Gasteiger partial charge in [-0.15, -0.1) is 0 Å². The number of hydrogen-bond donors (Lipinski definition) is 2. The molecular weight excluding hydrogens is 370 g/mol. The molecule has 29 heavy (non-hydrogen) atoms. The lowest BCUT2D eigenvalue weighted by Crippen LogP contribution is -2.19.